The number of hydrogen-bond donors (Lipinski definition) is 1. The summed E-state index contributed by atoms with van der Waals surface area (Å²) in [6.07, 6.45) is 6.66. The molecule has 1 aromatic heterocycles. The van der Waals surface area contributed by atoms with Crippen molar-refractivity contribution in [3.8, 4) is 0 Å². The van der Waals surface area contributed by atoms with E-state index in [1.54, 1.807) is 12.3 Å². The Morgan fingerprint density at radius 2 is 2.11 bits per heavy atom. The van der Waals surface area contributed by atoms with E-state index >= 15 is 0 Å². The summed E-state index contributed by atoms with van der Waals surface area (Å²) in [5.41, 5.74) is 1.15. The molecule has 0 spiro atoms. The normalized spacial score (nSPS) is 23.5. The van der Waals surface area contributed by atoms with E-state index < -0.39 is 5.97 Å². The molecule has 0 radical (unpaired) electrons. The fraction of sp³-hybridized carbons (Fsp3) is 0.600. The molecule has 2 rings (SSSR count). The van der Waals surface area contributed by atoms with Gasteiger partial charge in [0.15, 0.2) is 0 Å². The number of hydrogen-bond acceptors (Lipinski definition) is 3. The van der Waals surface area contributed by atoms with Crippen molar-refractivity contribution in [2.75, 3.05) is 7.05 Å². The number of pyridine rings is 1. The highest BCUT2D eigenvalue weighted by Crippen LogP contribution is 2.27. The van der Waals surface area contributed by atoms with Crippen molar-refractivity contribution < 1.29 is 9.90 Å². The standard InChI is InChI=1S/C15H22N2O2/c1-11-3-5-13(6-4-11)17(2)10-12-7-8-16-14(9-12)15(18)19/h7-9,11,13H,3-6,10H2,1-2H3,(H,18,19). The van der Waals surface area contributed by atoms with Gasteiger partial charge in [-0.15, -0.1) is 0 Å². The average Bonchev–Trinajstić information content (AvgIpc) is 2.39. The minimum absolute atomic E-state index is 0.128. The molecule has 0 saturated heterocycles. The number of carboxylic acid groups (broad SMARTS) is 1. The van der Waals surface area contributed by atoms with E-state index in [2.05, 4.69) is 23.9 Å². The largest absolute Gasteiger partial charge is 0.477 e. The van der Waals surface area contributed by atoms with Gasteiger partial charge in [0, 0.05) is 18.8 Å². The minimum atomic E-state index is -0.962. The van der Waals surface area contributed by atoms with Gasteiger partial charge in [-0.1, -0.05) is 6.92 Å². The molecule has 1 aliphatic rings. The summed E-state index contributed by atoms with van der Waals surface area (Å²) in [4.78, 5) is 17.1. The molecule has 1 N–H and O–H groups in total. The lowest BCUT2D eigenvalue weighted by Crippen LogP contribution is -2.34. The minimum Gasteiger partial charge on any atom is -0.477 e. The third-order valence-electron chi connectivity index (χ3n) is 4.08. The summed E-state index contributed by atoms with van der Waals surface area (Å²) in [6.45, 7) is 3.11. The first kappa shape index (κ1) is 14.0. The van der Waals surface area contributed by atoms with Crippen molar-refractivity contribution in [2.24, 2.45) is 5.92 Å². The molecule has 1 heterocycles. The number of aromatic carboxylic acids is 1. The summed E-state index contributed by atoms with van der Waals surface area (Å²) in [5, 5.41) is 8.95. The number of carboxylic acids is 1. The highest BCUT2D eigenvalue weighted by molar-refractivity contribution is 5.85. The van der Waals surface area contributed by atoms with Crippen molar-refractivity contribution in [3.63, 3.8) is 0 Å². The highest BCUT2D eigenvalue weighted by atomic mass is 16.4. The van der Waals surface area contributed by atoms with Gasteiger partial charge >= 0.3 is 5.97 Å². The Morgan fingerprint density at radius 3 is 2.74 bits per heavy atom. The van der Waals surface area contributed by atoms with Crippen molar-refractivity contribution >= 4 is 5.97 Å². The maximum atomic E-state index is 10.9. The fourth-order valence-corrected chi connectivity index (χ4v) is 2.79. The second-order valence-corrected chi connectivity index (χ2v) is 5.68. The van der Waals surface area contributed by atoms with Crippen LogP contribution in [0.2, 0.25) is 0 Å². The smallest absolute Gasteiger partial charge is 0.354 e. The van der Waals surface area contributed by atoms with Crippen LogP contribution in [0.3, 0.4) is 0 Å². The molecule has 1 aliphatic carbocycles. The summed E-state index contributed by atoms with van der Waals surface area (Å²) >= 11 is 0. The summed E-state index contributed by atoms with van der Waals surface area (Å²) in [6, 6.07) is 4.19. The van der Waals surface area contributed by atoms with Crippen molar-refractivity contribution in [3.05, 3.63) is 29.6 Å². The third-order valence-corrected chi connectivity index (χ3v) is 4.08. The fourth-order valence-electron chi connectivity index (χ4n) is 2.79. The molecule has 4 nitrogen and oxygen atoms in total. The third kappa shape index (κ3) is 3.77. The van der Waals surface area contributed by atoms with Gasteiger partial charge in [-0.2, -0.15) is 0 Å². The van der Waals surface area contributed by atoms with E-state index in [-0.39, 0.29) is 5.69 Å². The second kappa shape index (κ2) is 6.15. The molecule has 0 aliphatic heterocycles. The lowest BCUT2D eigenvalue weighted by atomic mass is 9.86. The monoisotopic (exact) mass is 262 g/mol. The summed E-state index contributed by atoms with van der Waals surface area (Å²) in [5.74, 6) is -0.111. The number of nitrogens with zero attached hydrogens (tertiary/aromatic N) is 2. The van der Waals surface area contributed by atoms with Crippen molar-refractivity contribution in [1.82, 2.24) is 9.88 Å². The predicted molar refractivity (Wildman–Crippen MR) is 74.1 cm³/mol. The van der Waals surface area contributed by atoms with Crippen LogP contribution in [0.1, 0.15) is 48.7 Å². The van der Waals surface area contributed by atoms with E-state index in [9.17, 15) is 4.79 Å². The van der Waals surface area contributed by atoms with Gasteiger partial charge < -0.3 is 5.11 Å². The van der Waals surface area contributed by atoms with Gasteiger partial charge in [0.2, 0.25) is 0 Å². The Morgan fingerprint density at radius 1 is 1.42 bits per heavy atom. The van der Waals surface area contributed by atoms with E-state index in [0.717, 1.165) is 18.0 Å². The Kier molecular flexibility index (Phi) is 4.53. The van der Waals surface area contributed by atoms with E-state index in [1.807, 2.05) is 6.07 Å². The van der Waals surface area contributed by atoms with Crippen LogP contribution in [0.4, 0.5) is 0 Å². The van der Waals surface area contributed by atoms with Gasteiger partial charge in [-0.05, 0) is 56.3 Å². The van der Waals surface area contributed by atoms with Crippen molar-refractivity contribution in [2.45, 2.75) is 45.2 Å². The molecule has 1 aromatic rings. The Bertz CT molecular complexity index is 440. The van der Waals surface area contributed by atoms with Crippen molar-refractivity contribution in [1.29, 1.82) is 0 Å². The zero-order valence-corrected chi connectivity index (χ0v) is 11.7. The van der Waals surface area contributed by atoms with E-state index in [4.69, 9.17) is 5.11 Å². The van der Waals surface area contributed by atoms with Crippen LogP contribution in [-0.2, 0) is 6.54 Å². The molecule has 19 heavy (non-hydrogen) atoms. The Labute approximate surface area is 114 Å². The van der Waals surface area contributed by atoms with Crippen LogP contribution in [0.25, 0.3) is 0 Å². The van der Waals surface area contributed by atoms with E-state index in [1.165, 1.54) is 25.7 Å². The zero-order valence-electron chi connectivity index (χ0n) is 11.7. The molecule has 0 amide bonds. The maximum Gasteiger partial charge on any atom is 0.354 e. The molecule has 0 unspecified atom stereocenters. The molecule has 4 heteroatoms. The summed E-state index contributed by atoms with van der Waals surface area (Å²) < 4.78 is 0. The first-order valence-corrected chi connectivity index (χ1v) is 6.94. The average molecular weight is 262 g/mol. The van der Waals surface area contributed by atoms with Crippen LogP contribution >= 0.6 is 0 Å². The molecule has 1 saturated carbocycles. The molecular weight excluding hydrogens is 240 g/mol. The number of rotatable bonds is 4. The highest BCUT2D eigenvalue weighted by Gasteiger charge is 2.21. The number of carbonyl (C=O) groups is 1. The lowest BCUT2D eigenvalue weighted by molar-refractivity contribution is 0.0690. The van der Waals surface area contributed by atoms with Crippen LogP contribution in [0.5, 0.6) is 0 Å². The SMILES string of the molecule is CC1CCC(N(C)Cc2ccnc(C(=O)O)c2)CC1. The molecule has 0 atom stereocenters. The van der Waals surface area contributed by atoms with Crippen LogP contribution in [0.15, 0.2) is 18.3 Å². The quantitative estimate of drug-likeness (QED) is 0.906. The summed E-state index contributed by atoms with van der Waals surface area (Å²) in [7, 11) is 2.13. The van der Waals surface area contributed by atoms with Gasteiger partial charge in [0.1, 0.15) is 5.69 Å². The van der Waals surface area contributed by atoms with Crippen LogP contribution in [0, 0.1) is 5.92 Å². The number of aromatic nitrogens is 1. The van der Waals surface area contributed by atoms with Gasteiger partial charge in [0.25, 0.3) is 0 Å². The topological polar surface area (TPSA) is 53.4 Å². The second-order valence-electron chi connectivity index (χ2n) is 5.68. The first-order valence-electron chi connectivity index (χ1n) is 6.94. The molecule has 0 bridgehead atoms. The van der Waals surface area contributed by atoms with Gasteiger partial charge in [-0.3, -0.25) is 4.90 Å². The zero-order chi connectivity index (χ0) is 13.8. The maximum absolute atomic E-state index is 10.9. The Balaban J connectivity index is 1.96. The molecular formula is C15H22N2O2. The predicted octanol–water partition coefficient (Wildman–Crippen LogP) is 2.79. The van der Waals surface area contributed by atoms with Crippen LogP contribution < -0.4 is 0 Å². The lowest BCUT2D eigenvalue weighted by Gasteiger charge is -2.33. The first-order chi connectivity index (χ1) is 9.06. The molecule has 0 aromatic carbocycles. The van der Waals surface area contributed by atoms with Gasteiger partial charge in [-0.25, -0.2) is 9.78 Å². The van der Waals surface area contributed by atoms with Crippen LogP contribution in [-0.4, -0.2) is 34.0 Å². The molecule has 104 valence electrons. The van der Waals surface area contributed by atoms with E-state index in [0.29, 0.717) is 6.04 Å². The Hall–Kier alpha value is -1.42. The molecule has 1 fully saturated rings. The van der Waals surface area contributed by atoms with Gasteiger partial charge in [0.05, 0.1) is 0 Å².